The second-order valence-corrected chi connectivity index (χ2v) is 7.99. The zero-order valence-corrected chi connectivity index (χ0v) is 16.0. The topological polar surface area (TPSA) is 102 Å². The molecule has 150 valence electrons. The van der Waals surface area contributed by atoms with Crippen LogP contribution in [0.5, 0.6) is 0 Å². The predicted molar refractivity (Wildman–Crippen MR) is 97.4 cm³/mol. The van der Waals surface area contributed by atoms with Crippen molar-refractivity contribution in [3.63, 3.8) is 0 Å². The van der Waals surface area contributed by atoms with Crippen molar-refractivity contribution in [3.8, 4) is 11.4 Å². The number of benzene rings is 1. The Morgan fingerprint density at radius 1 is 1.30 bits per heavy atom. The first-order valence-electron chi connectivity index (χ1n) is 8.28. The molecular weight excluding hydrogens is 384 g/mol. The van der Waals surface area contributed by atoms with Crippen LogP contribution in [0, 0.1) is 0 Å². The molecule has 2 aromatic rings. The van der Waals surface area contributed by atoms with Crippen molar-refractivity contribution >= 4 is 19.0 Å². The van der Waals surface area contributed by atoms with Gasteiger partial charge in [-0.1, -0.05) is 0 Å². The van der Waals surface area contributed by atoms with Gasteiger partial charge >= 0.3 is 13.8 Å². The summed E-state index contributed by atoms with van der Waals surface area (Å²) in [5.41, 5.74) is 4.73. The molecule has 1 unspecified atom stereocenters. The molecule has 0 aliphatic rings. The van der Waals surface area contributed by atoms with E-state index in [1.807, 2.05) is 0 Å². The van der Waals surface area contributed by atoms with E-state index in [9.17, 15) is 17.7 Å². The van der Waals surface area contributed by atoms with Crippen molar-refractivity contribution in [2.75, 3.05) is 24.3 Å². The number of H-pyrrole nitrogens is 1. The molecule has 1 heterocycles. The average Bonchev–Trinajstić information content (AvgIpc) is 3.10. The average molecular weight is 406 g/mol. The van der Waals surface area contributed by atoms with Crippen LogP contribution in [0.15, 0.2) is 24.5 Å². The highest BCUT2D eigenvalue weighted by Gasteiger charge is 2.36. The Balaban J connectivity index is 2.46. The number of halogens is 3. The fourth-order valence-corrected chi connectivity index (χ4v) is 4.05. The highest BCUT2D eigenvalue weighted by molar-refractivity contribution is 7.54. The molecule has 2 rings (SSSR count). The Morgan fingerprint density at radius 2 is 1.93 bits per heavy atom. The minimum Gasteiger partial charge on any atom is -0.397 e. The Hall–Kier alpha value is -2.03. The van der Waals surface area contributed by atoms with Crippen molar-refractivity contribution in [2.24, 2.45) is 0 Å². The van der Waals surface area contributed by atoms with Gasteiger partial charge in [0.2, 0.25) is 0 Å². The number of hydrogen-bond acceptors (Lipinski definition) is 6. The van der Waals surface area contributed by atoms with E-state index in [0.717, 1.165) is 6.07 Å². The van der Waals surface area contributed by atoms with Crippen molar-refractivity contribution in [1.29, 1.82) is 0 Å². The van der Waals surface area contributed by atoms with E-state index in [4.69, 9.17) is 14.8 Å². The van der Waals surface area contributed by atoms with Gasteiger partial charge < -0.3 is 25.1 Å². The minimum atomic E-state index is -4.62. The standard InChI is InChI=1S/C16H22F3N4O3P/c1-4-25-27(24,26-5-2)10(3)23-14-8-11(15-21-6-7-22-15)12(9-13(14)20)16(17,18)19/h6-10,23H,4-5,20H2,1-3H3,(H,21,22). The van der Waals surface area contributed by atoms with Gasteiger partial charge in [-0.25, -0.2) is 4.98 Å². The van der Waals surface area contributed by atoms with Crippen molar-refractivity contribution < 1.29 is 26.8 Å². The van der Waals surface area contributed by atoms with Crippen LogP contribution in [-0.2, 0) is 19.8 Å². The first-order valence-corrected chi connectivity index (χ1v) is 9.89. The Labute approximate surface area is 155 Å². The van der Waals surface area contributed by atoms with E-state index in [2.05, 4.69) is 15.3 Å². The lowest BCUT2D eigenvalue weighted by Gasteiger charge is -2.26. The van der Waals surface area contributed by atoms with E-state index in [1.54, 1.807) is 20.8 Å². The molecule has 1 atom stereocenters. The van der Waals surface area contributed by atoms with E-state index in [1.165, 1.54) is 18.5 Å². The van der Waals surface area contributed by atoms with Crippen molar-refractivity contribution in [2.45, 2.75) is 32.7 Å². The zero-order valence-electron chi connectivity index (χ0n) is 15.1. The van der Waals surface area contributed by atoms with Crippen LogP contribution < -0.4 is 11.1 Å². The molecule has 0 aliphatic carbocycles. The number of nitrogen functional groups attached to an aromatic ring is 1. The Morgan fingerprint density at radius 3 is 2.41 bits per heavy atom. The molecule has 0 saturated carbocycles. The lowest BCUT2D eigenvalue weighted by atomic mass is 10.0. The second kappa shape index (κ2) is 8.33. The van der Waals surface area contributed by atoms with Gasteiger partial charge in [0, 0.05) is 18.0 Å². The molecule has 1 aromatic carbocycles. The van der Waals surface area contributed by atoms with Gasteiger partial charge in [-0.2, -0.15) is 13.2 Å². The van der Waals surface area contributed by atoms with Crippen molar-refractivity contribution in [1.82, 2.24) is 9.97 Å². The van der Waals surface area contributed by atoms with Gasteiger partial charge in [0.1, 0.15) is 11.6 Å². The highest BCUT2D eigenvalue weighted by atomic mass is 31.2. The summed E-state index contributed by atoms with van der Waals surface area (Å²) in [6.07, 6.45) is -1.85. The maximum atomic E-state index is 13.4. The number of nitrogens with two attached hydrogens (primary N) is 1. The maximum Gasteiger partial charge on any atom is 0.417 e. The van der Waals surface area contributed by atoms with Crippen LogP contribution in [0.25, 0.3) is 11.4 Å². The summed E-state index contributed by atoms with van der Waals surface area (Å²) in [5.74, 6) is -0.795. The molecule has 27 heavy (non-hydrogen) atoms. The summed E-state index contributed by atoms with van der Waals surface area (Å²) in [5, 5.41) is 2.85. The summed E-state index contributed by atoms with van der Waals surface area (Å²) >= 11 is 0. The largest absolute Gasteiger partial charge is 0.417 e. The van der Waals surface area contributed by atoms with E-state index >= 15 is 0 Å². The van der Waals surface area contributed by atoms with Crippen LogP contribution in [0.3, 0.4) is 0 Å². The Bertz CT molecular complexity index is 802. The van der Waals surface area contributed by atoms with Gasteiger partial charge in [0.05, 0.1) is 30.2 Å². The molecular formula is C16H22F3N4O3P. The number of anilines is 2. The summed E-state index contributed by atoms with van der Waals surface area (Å²) in [4.78, 5) is 6.54. The molecule has 11 heteroatoms. The third-order valence-electron chi connectivity index (χ3n) is 3.71. The summed E-state index contributed by atoms with van der Waals surface area (Å²) in [6, 6.07) is 2.04. The number of nitrogens with one attached hydrogen (secondary N) is 2. The predicted octanol–water partition coefficient (Wildman–Crippen LogP) is 4.70. The van der Waals surface area contributed by atoms with E-state index < -0.39 is 25.1 Å². The third-order valence-corrected chi connectivity index (χ3v) is 6.02. The number of alkyl halides is 3. The lowest BCUT2D eigenvalue weighted by Crippen LogP contribution is -2.20. The monoisotopic (exact) mass is 406 g/mol. The molecule has 0 saturated heterocycles. The van der Waals surface area contributed by atoms with E-state index in [0.29, 0.717) is 0 Å². The van der Waals surface area contributed by atoms with Crippen LogP contribution >= 0.6 is 7.60 Å². The number of hydrogen-bond donors (Lipinski definition) is 3. The van der Waals surface area contributed by atoms with Gasteiger partial charge in [0.25, 0.3) is 0 Å². The number of aromatic amines is 1. The summed E-state index contributed by atoms with van der Waals surface area (Å²) in [6.45, 7) is 5.20. The molecule has 1 aromatic heterocycles. The van der Waals surface area contributed by atoms with Crippen LogP contribution in [0.4, 0.5) is 24.5 Å². The first-order chi connectivity index (χ1) is 12.6. The number of nitrogens with zero attached hydrogens (tertiary/aromatic N) is 1. The van der Waals surface area contributed by atoms with Gasteiger partial charge in [-0.3, -0.25) is 4.57 Å². The van der Waals surface area contributed by atoms with Crippen LogP contribution in [0.2, 0.25) is 0 Å². The van der Waals surface area contributed by atoms with Gasteiger partial charge in [-0.15, -0.1) is 0 Å². The molecule has 0 spiro atoms. The smallest absolute Gasteiger partial charge is 0.397 e. The number of rotatable bonds is 8. The number of imidazole rings is 1. The van der Waals surface area contributed by atoms with Gasteiger partial charge in [-0.05, 0) is 32.9 Å². The SMILES string of the molecule is CCOP(=O)(OCC)C(C)Nc1cc(-c2ncc[nH]2)c(C(F)(F)F)cc1N. The normalized spacial score (nSPS) is 13.6. The second-order valence-electron chi connectivity index (χ2n) is 5.62. The molecule has 0 fully saturated rings. The summed E-state index contributed by atoms with van der Waals surface area (Å²) in [7, 11) is -3.53. The molecule has 0 bridgehead atoms. The molecule has 0 radical (unpaired) electrons. The van der Waals surface area contributed by atoms with Gasteiger partial charge in [0.15, 0.2) is 0 Å². The zero-order chi connectivity index (χ0) is 20.2. The summed E-state index contributed by atoms with van der Waals surface area (Å²) < 4.78 is 63.5. The molecule has 0 aliphatic heterocycles. The fraction of sp³-hybridized carbons (Fsp3) is 0.438. The quantitative estimate of drug-likeness (QED) is 0.434. The minimum absolute atomic E-state index is 0.0378. The molecule has 0 amide bonds. The fourth-order valence-electron chi connectivity index (χ4n) is 2.51. The van der Waals surface area contributed by atoms with Crippen LogP contribution in [-0.4, -0.2) is 29.0 Å². The highest BCUT2D eigenvalue weighted by Crippen LogP contribution is 2.53. The number of aromatic nitrogens is 2. The molecule has 7 nitrogen and oxygen atoms in total. The first kappa shape index (κ1) is 21.3. The van der Waals surface area contributed by atoms with Crippen molar-refractivity contribution in [3.05, 3.63) is 30.1 Å². The lowest BCUT2D eigenvalue weighted by molar-refractivity contribution is -0.137. The third kappa shape index (κ3) is 4.82. The van der Waals surface area contributed by atoms with E-state index in [-0.39, 0.29) is 36.0 Å². The maximum absolute atomic E-state index is 13.4. The molecule has 4 N–H and O–H groups in total. The Kier molecular flexibility index (Phi) is 6.56. The van der Waals surface area contributed by atoms with Crippen LogP contribution in [0.1, 0.15) is 26.3 Å².